The molecule has 0 bridgehead atoms. The van der Waals surface area contributed by atoms with E-state index in [1.54, 1.807) is 49.5 Å². The Labute approximate surface area is 172 Å². The molecule has 1 heterocycles. The Bertz CT molecular complexity index is 955. The molecular weight excluding hydrogens is 394 g/mol. The summed E-state index contributed by atoms with van der Waals surface area (Å²) in [5.74, 6) is 0.539. The van der Waals surface area contributed by atoms with Crippen LogP contribution in [-0.4, -0.2) is 48.3 Å². The van der Waals surface area contributed by atoms with Gasteiger partial charge in [-0.25, -0.2) is 4.99 Å². The average Bonchev–Trinajstić information content (AvgIpc) is 3.01. The van der Waals surface area contributed by atoms with Crippen LogP contribution in [0, 0.1) is 10.1 Å². The van der Waals surface area contributed by atoms with Crippen LogP contribution in [0.15, 0.2) is 58.4 Å². The van der Waals surface area contributed by atoms with Gasteiger partial charge in [0.2, 0.25) is 0 Å². The molecule has 0 N–H and O–H groups in total. The van der Waals surface area contributed by atoms with Crippen molar-refractivity contribution in [1.29, 1.82) is 0 Å². The predicted octanol–water partition coefficient (Wildman–Crippen LogP) is 3.85. The first-order chi connectivity index (χ1) is 14.0. The van der Waals surface area contributed by atoms with Crippen molar-refractivity contribution < 1.29 is 19.2 Å². The van der Waals surface area contributed by atoms with Crippen LogP contribution in [0.3, 0.4) is 0 Å². The second-order valence-electron chi connectivity index (χ2n) is 6.00. The molecule has 3 rings (SSSR count). The lowest BCUT2D eigenvalue weighted by Gasteiger charge is -2.14. The molecule has 0 radical (unpaired) electrons. The highest BCUT2D eigenvalue weighted by molar-refractivity contribution is 8.18. The van der Waals surface area contributed by atoms with E-state index < -0.39 is 4.92 Å². The molecule has 1 saturated heterocycles. The van der Waals surface area contributed by atoms with E-state index in [0.29, 0.717) is 34.5 Å². The Morgan fingerprint density at radius 2 is 1.83 bits per heavy atom. The smallest absolute Gasteiger partial charge is 0.269 e. The monoisotopic (exact) mass is 413 g/mol. The summed E-state index contributed by atoms with van der Waals surface area (Å²) >= 11 is 1.25. The molecule has 29 heavy (non-hydrogen) atoms. The van der Waals surface area contributed by atoms with E-state index in [-0.39, 0.29) is 11.6 Å². The summed E-state index contributed by atoms with van der Waals surface area (Å²) < 4.78 is 10.3. The van der Waals surface area contributed by atoms with Gasteiger partial charge in [-0.3, -0.25) is 19.8 Å². The van der Waals surface area contributed by atoms with Crippen LogP contribution in [0.25, 0.3) is 6.08 Å². The summed E-state index contributed by atoms with van der Waals surface area (Å²) in [5, 5.41) is 11.3. The summed E-state index contributed by atoms with van der Waals surface area (Å²) in [6.07, 6.45) is 1.70. The molecule has 1 aliphatic heterocycles. The Kier molecular flexibility index (Phi) is 6.63. The number of non-ortho nitro benzene ring substituents is 1. The van der Waals surface area contributed by atoms with Crippen molar-refractivity contribution in [3.63, 3.8) is 0 Å². The SMILES string of the molecule is COCCN1C(=O)/C(=C\c2ccc([N+](=O)[O-])cc2)SC1=Nc1ccc(OC)cc1. The number of hydrogen-bond donors (Lipinski definition) is 0. The fourth-order valence-electron chi connectivity index (χ4n) is 2.58. The summed E-state index contributed by atoms with van der Waals surface area (Å²) in [6.45, 7) is 0.744. The van der Waals surface area contributed by atoms with Gasteiger partial charge >= 0.3 is 0 Å². The molecule has 9 heteroatoms. The maximum atomic E-state index is 12.9. The lowest BCUT2D eigenvalue weighted by atomic mass is 10.2. The average molecular weight is 413 g/mol. The van der Waals surface area contributed by atoms with Gasteiger partial charge in [0.15, 0.2) is 5.17 Å². The molecule has 1 aliphatic rings. The molecule has 0 unspecified atom stereocenters. The standard InChI is InChI=1S/C20H19N3O5S/c1-27-12-11-22-19(24)18(13-14-3-7-16(8-4-14)23(25)26)29-20(22)21-15-5-9-17(28-2)10-6-15/h3-10,13H,11-12H2,1-2H3/b18-13+,21-20?. The van der Waals surface area contributed by atoms with E-state index in [4.69, 9.17) is 9.47 Å². The molecule has 2 aromatic rings. The number of rotatable bonds is 7. The maximum Gasteiger partial charge on any atom is 0.269 e. The quantitative estimate of drug-likeness (QED) is 0.389. The lowest BCUT2D eigenvalue weighted by molar-refractivity contribution is -0.384. The molecule has 0 aliphatic carbocycles. The number of carbonyl (C=O) groups excluding carboxylic acids is 1. The third-order valence-electron chi connectivity index (χ3n) is 4.11. The van der Waals surface area contributed by atoms with E-state index >= 15 is 0 Å². The number of nitro benzene ring substituents is 1. The Balaban J connectivity index is 1.88. The van der Waals surface area contributed by atoms with Gasteiger partial charge in [-0.05, 0) is 59.8 Å². The van der Waals surface area contributed by atoms with E-state index in [1.165, 1.54) is 23.9 Å². The van der Waals surface area contributed by atoms with Gasteiger partial charge in [0.05, 0.1) is 35.8 Å². The first-order valence-electron chi connectivity index (χ1n) is 8.69. The van der Waals surface area contributed by atoms with Crippen molar-refractivity contribution in [3.8, 4) is 5.75 Å². The number of ether oxygens (including phenoxy) is 2. The van der Waals surface area contributed by atoms with Gasteiger partial charge in [-0.15, -0.1) is 0 Å². The summed E-state index contributed by atoms with van der Waals surface area (Å²) in [6, 6.07) is 13.2. The molecule has 2 aromatic carbocycles. The number of amidine groups is 1. The van der Waals surface area contributed by atoms with E-state index in [0.717, 1.165) is 5.75 Å². The van der Waals surface area contributed by atoms with Gasteiger partial charge in [0.1, 0.15) is 5.75 Å². The fraction of sp³-hybridized carbons (Fsp3) is 0.200. The molecule has 0 aromatic heterocycles. The van der Waals surface area contributed by atoms with Gasteiger partial charge in [-0.1, -0.05) is 0 Å². The lowest BCUT2D eigenvalue weighted by Crippen LogP contribution is -2.32. The fourth-order valence-corrected chi connectivity index (χ4v) is 3.61. The molecule has 0 atom stereocenters. The molecule has 0 spiro atoms. The molecular formula is C20H19N3O5S. The largest absolute Gasteiger partial charge is 0.497 e. The highest BCUT2D eigenvalue weighted by Crippen LogP contribution is 2.34. The minimum atomic E-state index is -0.460. The van der Waals surface area contributed by atoms with Gasteiger partial charge in [0.25, 0.3) is 11.6 Å². The molecule has 150 valence electrons. The zero-order valence-corrected chi connectivity index (χ0v) is 16.7. The van der Waals surface area contributed by atoms with Crippen molar-refractivity contribution in [3.05, 3.63) is 69.1 Å². The van der Waals surface area contributed by atoms with E-state index in [2.05, 4.69) is 4.99 Å². The number of methoxy groups -OCH3 is 2. The third kappa shape index (κ3) is 5.01. The van der Waals surface area contributed by atoms with Crippen LogP contribution >= 0.6 is 11.8 Å². The molecule has 1 fully saturated rings. The van der Waals surface area contributed by atoms with Crippen molar-refractivity contribution in [2.24, 2.45) is 4.99 Å². The molecule has 8 nitrogen and oxygen atoms in total. The first kappa shape index (κ1) is 20.6. The second kappa shape index (κ2) is 9.35. The minimum Gasteiger partial charge on any atom is -0.497 e. The number of thioether (sulfide) groups is 1. The number of carbonyl (C=O) groups is 1. The van der Waals surface area contributed by atoms with Crippen LogP contribution in [0.4, 0.5) is 11.4 Å². The molecule has 1 amide bonds. The highest BCUT2D eigenvalue weighted by atomic mass is 32.2. The number of amides is 1. The van der Waals surface area contributed by atoms with E-state index in [1.807, 2.05) is 12.1 Å². The van der Waals surface area contributed by atoms with Crippen molar-refractivity contribution in [2.75, 3.05) is 27.4 Å². The second-order valence-corrected chi connectivity index (χ2v) is 7.01. The number of nitro groups is 1. The van der Waals surface area contributed by atoms with Crippen LogP contribution in [0.5, 0.6) is 5.75 Å². The summed E-state index contributed by atoms with van der Waals surface area (Å²) in [5.41, 5.74) is 1.39. The van der Waals surface area contributed by atoms with Gasteiger partial charge in [0, 0.05) is 19.2 Å². The number of aliphatic imine (C=N–C) groups is 1. The first-order valence-corrected chi connectivity index (χ1v) is 9.51. The van der Waals surface area contributed by atoms with Crippen LogP contribution < -0.4 is 4.74 Å². The summed E-state index contributed by atoms with van der Waals surface area (Å²) in [4.78, 5) is 29.8. The number of hydrogen-bond acceptors (Lipinski definition) is 7. The number of nitrogens with zero attached hydrogens (tertiary/aromatic N) is 3. The van der Waals surface area contributed by atoms with E-state index in [9.17, 15) is 14.9 Å². The van der Waals surface area contributed by atoms with Crippen molar-refractivity contribution in [1.82, 2.24) is 4.90 Å². The Morgan fingerprint density at radius 3 is 2.41 bits per heavy atom. The van der Waals surface area contributed by atoms with Crippen LogP contribution in [0.1, 0.15) is 5.56 Å². The topological polar surface area (TPSA) is 94.3 Å². The predicted molar refractivity (Wildman–Crippen MR) is 112 cm³/mol. The number of benzene rings is 2. The minimum absolute atomic E-state index is 0.000954. The zero-order chi connectivity index (χ0) is 20.8. The zero-order valence-electron chi connectivity index (χ0n) is 15.9. The van der Waals surface area contributed by atoms with Crippen molar-refractivity contribution in [2.45, 2.75) is 0 Å². The maximum absolute atomic E-state index is 12.9. The van der Waals surface area contributed by atoms with Gasteiger partial charge < -0.3 is 9.47 Å². The van der Waals surface area contributed by atoms with Gasteiger partial charge in [-0.2, -0.15) is 0 Å². The van der Waals surface area contributed by atoms with Crippen LogP contribution in [0.2, 0.25) is 0 Å². The summed E-state index contributed by atoms with van der Waals surface area (Å²) in [7, 11) is 3.16. The van der Waals surface area contributed by atoms with Crippen molar-refractivity contribution >= 4 is 40.3 Å². The Hall–Kier alpha value is -3.17. The normalized spacial score (nSPS) is 16.6. The molecule has 0 saturated carbocycles. The third-order valence-corrected chi connectivity index (χ3v) is 5.11. The Morgan fingerprint density at radius 1 is 1.14 bits per heavy atom. The highest BCUT2D eigenvalue weighted by Gasteiger charge is 2.33. The van der Waals surface area contributed by atoms with Crippen LogP contribution in [-0.2, 0) is 9.53 Å².